The van der Waals surface area contributed by atoms with Crippen molar-refractivity contribution in [3.05, 3.63) is 35.0 Å². The first-order valence-electron chi connectivity index (χ1n) is 7.59. The molecular weight excluding hydrogens is 335 g/mol. The predicted molar refractivity (Wildman–Crippen MR) is 88.0 cm³/mol. The number of hydrogen-bond acceptors (Lipinski definition) is 6. The lowest BCUT2D eigenvalue weighted by Crippen LogP contribution is -2.12. The summed E-state index contributed by atoms with van der Waals surface area (Å²) in [7, 11) is 4.95. The van der Waals surface area contributed by atoms with Gasteiger partial charge >= 0.3 is 6.18 Å². The van der Waals surface area contributed by atoms with Crippen LogP contribution in [0.25, 0.3) is 0 Å². The first kappa shape index (κ1) is 17.3. The molecule has 1 aromatic heterocycles. The molecule has 2 aromatic rings. The third-order valence-electron chi connectivity index (χ3n) is 4.01. The minimum atomic E-state index is -4.52. The highest BCUT2D eigenvalue weighted by molar-refractivity contribution is 5.68. The molecule has 0 radical (unpaired) electrons. The zero-order chi connectivity index (χ0) is 18.2. The molecule has 0 spiro atoms. The number of anilines is 3. The Bertz CT molecular complexity index is 794. The number of halogens is 3. The zero-order valence-electron chi connectivity index (χ0n) is 14.0. The zero-order valence-corrected chi connectivity index (χ0v) is 14.0. The quantitative estimate of drug-likeness (QED) is 0.880. The fourth-order valence-corrected chi connectivity index (χ4v) is 2.90. The van der Waals surface area contributed by atoms with E-state index in [-0.39, 0.29) is 11.8 Å². The van der Waals surface area contributed by atoms with Crippen LogP contribution < -0.4 is 15.4 Å². The van der Waals surface area contributed by atoms with E-state index in [1.807, 2.05) is 19.2 Å². The van der Waals surface area contributed by atoms with Crippen molar-refractivity contribution in [1.29, 1.82) is 0 Å². The number of rotatable bonds is 4. The van der Waals surface area contributed by atoms with Gasteiger partial charge in [-0.2, -0.15) is 18.2 Å². The van der Waals surface area contributed by atoms with Gasteiger partial charge in [-0.3, -0.25) is 4.90 Å². The molecule has 0 unspecified atom stereocenters. The van der Waals surface area contributed by atoms with Crippen molar-refractivity contribution in [1.82, 2.24) is 14.9 Å². The van der Waals surface area contributed by atoms with Crippen LogP contribution in [0.5, 0.6) is 5.75 Å². The maximum absolute atomic E-state index is 12.9. The van der Waals surface area contributed by atoms with E-state index in [0.717, 1.165) is 30.4 Å². The maximum Gasteiger partial charge on any atom is 0.421 e. The number of nitrogens with one attached hydrogen (secondary N) is 2. The number of alkyl halides is 3. The lowest BCUT2D eigenvalue weighted by Gasteiger charge is -2.16. The van der Waals surface area contributed by atoms with Crippen LogP contribution in [-0.2, 0) is 19.3 Å². The van der Waals surface area contributed by atoms with Gasteiger partial charge in [0.05, 0.1) is 12.8 Å². The van der Waals surface area contributed by atoms with E-state index < -0.39 is 11.7 Å². The second kappa shape index (κ2) is 6.40. The molecule has 6 nitrogen and oxygen atoms in total. The molecule has 1 aliphatic rings. The van der Waals surface area contributed by atoms with Gasteiger partial charge in [-0.25, -0.2) is 4.98 Å². The van der Waals surface area contributed by atoms with Crippen molar-refractivity contribution >= 4 is 17.5 Å². The SMILES string of the molecule is CNc1nc(Nc2ccc3c(c2OC)CN(C)C3)ncc1C(F)(F)F. The Kier molecular flexibility index (Phi) is 4.42. The van der Waals surface area contributed by atoms with Crippen molar-refractivity contribution in [2.45, 2.75) is 19.3 Å². The highest BCUT2D eigenvalue weighted by Gasteiger charge is 2.35. The standard InChI is InChI=1S/C16H18F3N5O/c1-20-14-11(16(17,18)19)6-21-15(23-14)22-12-5-4-9-7-24(2)8-10(9)13(12)25-3/h4-6H,7-8H2,1-3H3,(H2,20,21,22,23). The number of aromatic nitrogens is 2. The first-order valence-corrected chi connectivity index (χ1v) is 7.59. The van der Waals surface area contributed by atoms with E-state index in [2.05, 4.69) is 25.5 Å². The Labute approximate surface area is 143 Å². The maximum atomic E-state index is 12.9. The molecule has 1 aliphatic heterocycles. The number of methoxy groups -OCH3 is 1. The van der Waals surface area contributed by atoms with Crippen LogP contribution in [-0.4, -0.2) is 36.1 Å². The third kappa shape index (κ3) is 3.32. The van der Waals surface area contributed by atoms with E-state index in [1.54, 1.807) is 7.11 Å². The van der Waals surface area contributed by atoms with Crippen LogP contribution in [0.1, 0.15) is 16.7 Å². The number of nitrogens with zero attached hydrogens (tertiary/aromatic N) is 3. The Balaban J connectivity index is 1.95. The monoisotopic (exact) mass is 353 g/mol. The van der Waals surface area contributed by atoms with Crippen molar-refractivity contribution in [2.24, 2.45) is 0 Å². The summed E-state index contributed by atoms with van der Waals surface area (Å²) < 4.78 is 44.3. The van der Waals surface area contributed by atoms with E-state index in [9.17, 15) is 13.2 Å². The fourth-order valence-electron chi connectivity index (χ4n) is 2.90. The van der Waals surface area contributed by atoms with E-state index in [1.165, 1.54) is 7.05 Å². The lowest BCUT2D eigenvalue weighted by atomic mass is 10.1. The van der Waals surface area contributed by atoms with E-state index >= 15 is 0 Å². The largest absolute Gasteiger partial charge is 0.494 e. The van der Waals surface area contributed by atoms with Gasteiger partial charge in [0.25, 0.3) is 0 Å². The van der Waals surface area contributed by atoms with Crippen LogP contribution in [0.2, 0.25) is 0 Å². The number of benzene rings is 1. The third-order valence-corrected chi connectivity index (χ3v) is 4.01. The number of ether oxygens (including phenoxy) is 1. The van der Waals surface area contributed by atoms with Crippen LogP contribution >= 0.6 is 0 Å². The van der Waals surface area contributed by atoms with Gasteiger partial charge in [-0.05, 0) is 18.7 Å². The molecule has 0 bridgehead atoms. The fraction of sp³-hybridized carbons (Fsp3) is 0.375. The summed E-state index contributed by atoms with van der Waals surface area (Å²) in [6.45, 7) is 1.57. The average Bonchev–Trinajstić information content (AvgIpc) is 2.93. The molecular formula is C16H18F3N5O. The van der Waals surface area contributed by atoms with Gasteiger partial charge < -0.3 is 15.4 Å². The smallest absolute Gasteiger partial charge is 0.421 e. The second-order valence-corrected chi connectivity index (χ2v) is 5.78. The summed E-state index contributed by atoms with van der Waals surface area (Å²) in [5, 5.41) is 5.40. The van der Waals surface area contributed by atoms with Gasteiger partial charge in [0.2, 0.25) is 5.95 Å². The average molecular weight is 353 g/mol. The molecule has 25 heavy (non-hydrogen) atoms. The van der Waals surface area contributed by atoms with Crippen molar-refractivity contribution in [2.75, 3.05) is 31.8 Å². The predicted octanol–water partition coefficient (Wildman–Crippen LogP) is 3.23. The summed E-state index contributed by atoms with van der Waals surface area (Å²) in [5.74, 6) is 0.420. The molecule has 0 atom stereocenters. The molecule has 9 heteroatoms. The van der Waals surface area contributed by atoms with Gasteiger partial charge in [-0.1, -0.05) is 6.07 Å². The highest BCUT2D eigenvalue weighted by Crippen LogP contribution is 2.38. The normalized spacial score (nSPS) is 14.3. The molecule has 2 N–H and O–H groups in total. The molecule has 0 fully saturated rings. The Morgan fingerprint density at radius 3 is 2.64 bits per heavy atom. The van der Waals surface area contributed by atoms with Crippen molar-refractivity contribution in [3.63, 3.8) is 0 Å². The van der Waals surface area contributed by atoms with Crippen molar-refractivity contribution in [3.8, 4) is 5.75 Å². The molecule has 0 aliphatic carbocycles. The van der Waals surface area contributed by atoms with Crippen LogP contribution in [0, 0.1) is 0 Å². The second-order valence-electron chi connectivity index (χ2n) is 5.78. The molecule has 0 saturated carbocycles. The topological polar surface area (TPSA) is 62.3 Å². The van der Waals surface area contributed by atoms with E-state index in [0.29, 0.717) is 11.4 Å². The Hall–Kier alpha value is -2.55. The number of hydrogen-bond donors (Lipinski definition) is 2. The molecule has 1 aromatic carbocycles. The summed E-state index contributed by atoms with van der Waals surface area (Å²) in [6, 6.07) is 3.78. The molecule has 134 valence electrons. The van der Waals surface area contributed by atoms with Gasteiger partial charge in [0.15, 0.2) is 0 Å². The summed E-state index contributed by atoms with van der Waals surface area (Å²) in [5.41, 5.74) is 1.91. The lowest BCUT2D eigenvalue weighted by molar-refractivity contribution is -0.137. The summed E-state index contributed by atoms with van der Waals surface area (Å²) in [4.78, 5) is 9.85. The summed E-state index contributed by atoms with van der Waals surface area (Å²) >= 11 is 0. The number of fused-ring (bicyclic) bond motifs is 1. The molecule has 0 amide bonds. The van der Waals surface area contributed by atoms with Crippen LogP contribution in [0.3, 0.4) is 0 Å². The Morgan fingerprint density at radius 2 is 2.00 bits per heavy atom. The molecule has 2 heterocycles. The van der Waals surface area contributed by atoms with E-state index in [4.69, 9.17) is 4.74 Å². The van der Waals surface area contributed by atoms with Gasteiger partial charge in [0, 0.05) is 31.9 Å². The minimum absolute atomic E-state index is 0.0574. The van der Waals surface area contributed by atoms with Gasteiger partial charge in [0.1, 0.15) is 17.1 Å². The molecule has 0 saturated heterocycles. The summed E-state index contributed by atoms with van der Waals surface area (Å²) in [6.07, 6.45) is -3.76. The Morgan fingerprint density at radius 1 is 1.24 bits per heavy atom. The van der Waals surface area contributed by atoms with Gasteiger partial charge in [-0.15, -0.1) is 0 Å². The highest BCUT2D eigenvalue weighted by atomic mass is 19.4. The van der Waals surface area contributed by atoms with Crippen molar-refractivity contribution < 1.29 is 17.9 Å². The molecule has 3 rings (SSSR count). The van der Waals surface area contributed by atoms with Crippen LogP contribution in [0.15, 0.2) is 18.3 Å². The minimum Gasteiger partial charge on any atom is -0.494 e. The van der Waals surface area contributed by atoms with Crippen LogP contribution in [0.4, 0.5) is 30.6 Å². The first-order chi connectivity index (χ1) is 11.8.